The van der Waals surface area contributed by atoms with E-state index < -0.39 is 0 Å². The molecule has 0 bridgehead atoms. The minimum Gasteiger partial charge on any atom is -0.362 e. The average molecular weight is 316 g/mol. The SMILES string of the molecule is O=C(COCc1nc(-c2ccncc2)no1)NC1CCCCC1. The first-order chi connectivity index (χ1) is 11.3. The van der Waals surface area contributed by atoms with Crippen molar-refractivity contribution < 1.29 is 14.1 Å². The molecular weight excluding hydrogens is 296 g/mol. The fourth-order valence-corrected chi connectivity index (χ4v) is 2.68. The molecule has 1 saturated carbocycles. The van der Waals surface area contributed by atoms with Gasteiger partial charge in [-0.2, -0.15) is 4.98 Å². The van der Waals surface area contributed by atoms with E-state index in [0.717, 1.165) is 18.4 Å². The summed E-state index contributed by atoms with van der Waals surface area (Å²) in [6, 6.07) is 3.89. The van der Waals surface area contributed by atoms with Gasteiger partial charge in [-0.05, 0) is 25.0 Å². The summed E-state index contributed by atoms with van der Waals surface area (Å²) >= 11 is 0. The fourth-order valence-electron chi connectivity index (χ4n) is 2.68. The molecule has 3 rings (SSSR count). The maximum absolute atomic E-state index is 11.8. The van der Waals surface area contributed by atoms with Crippen LogP contribution in [0.3, 0.4) is 0 Å². The van der Waals surface area contributed by atoms with Crippen molar-refractivity contribution in [1.29, 1.82) is 0 Å². The third-order valence-electron chi connectivity index (χ3n) is 3.84. The Hall–Kier alpha value is -2.28. The Bertz CT molecular complexity index is 623. The molecule has 0 spiro atoms. The predicted octanol–water partition coefficient (Wildman–Crippen LogP) is 2.10. The van der Waals surface area contributed by atoms with Gasteiger partial charge in [0, 0.05) is 24.0 Å². The van der Waals surface area contributed by atoms with Crippen molar-refractivity contribution in [2.24, 2.45) is 0 Å². The molecule has 0 atom stereocenters. The summed E-state index contributed by atoms with van der Waals surface area (Å²) in [5.74, 6) is 0.741. The largest absolute Gasteiger partial charge is 0.362 e. The van der Waals surface area contributed by atoms with Crippen molar-refractivity contribution in [2.45, 2.75) is 44.8 Å². The van der Waals surface area contributed by atoms with Gasteiger partial charge in [-0.25, -0.2) is 0 Å². The van der Waals surface area contributed by atoms with E-state index in [1.165, 1.54) is 19.3 Å². The van der Waals surface area contributed by atoms with Crippen molar-refractivity contribution in [3.05, 3.63) is 30.4 Å². The molecule has 0 aromatic carbocycles. The van der Waals surface area contributed by atoms with Gasteiger partial charge in [0.25, 0.3) is 5.89 Å². The number of nitrogens with zero attached hydrogens (tertiary/aromatic N) is 3. The van der Waals surface area contributed by atoms with Crippen LogP contribution in [0.5, 0.6) is 0 Å². The number of pyridine rings is 1. The van der Waals surface area contributed by atoms with Gasteiger partial charge in [0.1, 0.15) is 13.2 Å². The van der Waals surface area contributed by atoms with E-state index in [2.05, 4.69) is 20.4 Å². The van der Waals surface area contributed by atoms with Gasteiger partial charge in [-0.15, -0.1) is 0 Å². The lowest BCUT2D eigenvalue weighted by molar-refractivity contribution is -0.127. The van der Waals surface area contributed by atoms with Crippen LogP contribution in [0.25, 0.3) is 11.4 Å². The first-order valence-corrected chi connectivity index (χ1v) is 7.91. The van der Waals surface area contributed by atoms with E-state index in [4.69, 9.17) is 9.26 Å². The Labute approximate surface area is 134 Å². The summed E-state index contributed by atoms with van der Waals surface area (Å²) in [6.45, 7) is 0.125. The number of aromatic nitrogens is 3. The van der Waals surface area contributed by atoms with Gasteiger partial charge >= 0.3 is 0 Å². The van der Waals surface area contributed by atoms with Crippen molar-refractivity contribution in [3.8, 4) is 11.4 Å². The number of carbonyl (C=O) groups excluding carboxylic acids is 1. The van der Waals surface area contributed by atoms with Crippen LogP contribution in [0.1, 0.15) is 38.0 Å². The molecule has 7 heteroatoms. The molecule has 0 saturated heterocycles. The lowest BCUT2D eigenvalue weighted by Crippen LogP contribution is -2.38. The Morgan fingerprint density at radius 2 is 2.04 bits per heavy atom. The highest BCUT2D eigenvalue weighted by molar-refractivity contribution is 5.77. The van der Waals surface area contributed by atoms with Crippen LogP contribution >= 0.6 is 0 Å². The number of carbonyl (C=O) groups is 1. The zero-order chi connectivity index (χ0) is 15.9. The number of ether oxygens (including phenoxy) is 1. The van der Waals surface area contributed by atoms with Crippen LogP contribution in [0.15, 0.2) is 29.0 Å². The molecular formula is C16H20N4O3. The summed E-state index contributed by atoms with van der Waals surface area (Å²) < 4.78 is 10.5. The van der Waals surface area contributed by atoms with Crippen molar-refractivity contribution >= 4 is 5.91 Å². The molecule has 1 amide bonds. The molecule has 0 radical (unpaired) electrons. The second-order valence-corrected chi connectivity index (χ2v) is 5.64. The lowest BCUT2D eigenvalue weighted by atomic mass is 9.95. The molecule has 0 unspecified atom stereocenters. The van der Waals surface area contributed by atoms with E-state index in [1.54, 1.807) is 24.5 Å². The number of nitrogens with one attached hydrogen (secondary N) is 1. The Balaban J connectivity index is 1.42. The van der Waals surface area contributed by atoms with Gasteiger partial charge in [0.15, 0.2) is 0 Å². The van der Waals surface area contributed by atoms with E-state index in [-0.39, 0.29) is 19.1 Å². The maximum atomic E-state index is 11.8. The molecule has 23 heavy (non-hydrogen) atoms. The number of hydrogen-bond acceptors (Lipinski definition) is 6. The van der Waals surface area contributed by atoms with E-state index in [1.807, 2.05) is 0 Å². The Morgan fingerprint density at radius 1 is 1.26 bits per heavy atom. The smallest absolute Gasteiger partial charge is 0.252 e. The van der Waals surface area contributed by atoms with E-state index in [9.17, 15) is 4.79 Å². The predicted molar refractivity (Wildman–Crippen MR) is 82.2 cm³/mol. The minimum atomic E-state index is -0.0919. The normalized spacial score (nSPS) is 15.5. The highest BCUT2D eigenvalue weighted by atomic mass is 16.5. The van der Waals surface area contributed by atoms with Gasteiger partial charge < -0.3 is 14.6 Å². The van der Waals surface area contributed by atoms with Crippen LogP contribution in [0.2, 0.25) is 0 Å². The molecule has 2 aromatic rings. The first kappa shape index (κ1) is 15.6. The molecule has 2 heterocycles. The quantitative estimate of drug-likeness (QED) is 0.877. The fraction of sp³-hybridized carbons (Fsp3) is 0.500. The summed E-state index contributed by atoms with van der Waals surface area (Å²) in [4.78, 5) is 20.0. The Morgan fingerprint density at radius 3 is 2.83 bits per heavy atom. The second-order valence-electron chi connectivity index (χ2n) is 5.64. The molecule has 1 aliphatic carbocycles. The first-order valence-electron chi connectivity index (χ1n) is 7.91. The summed E-state index contributed by atoms with van der Waals surface area (Å²) in [6.07, 6.45) is 9.08. The van der Waals surface area contributed by atoms with Crippen LogP contribution in [-0.4, -0.2) is 33.7 Å². The maximum Gasteiger partial charge on any atom is 0.252 e. The van der Waals surface area contributed by atoms with Gasteiger partial charge in [0.05, 0.1) is 0 Å². The third-order valence-corrected chi connectivity index (χ3v) is 3.84. The summed E-state index contributed by atoms with van der Waals surface area (Å²) in [5.41, 5.74) is 0.824. The van der Waals surface area contributed by atoms with Crippen LogP contribution in [0.4, 0.5) is 0 Å². The van der Waals surface area contributed by atoms with Crippen LogP contribution < -0.4 is 5.32 Å². The molecule has 7 nitrogen and oxygen atoms in total. The number of amides is 1. The van der Waals surface area contributed by atoms with Crippen molar-refractivity contribution in [3.63, 3.8) is 0 Å². The highest BCUT2D eigenvalue weighted by Gasteiger charge is 2.16. The third kappa shape index (κ3) is 4.59. The molecule has 1 aliphatic rings. The minimum absolute atomic E-state index is 0.00344. The Kier molecular flexibility index (Phi) is 5.31. The molecule has 2 aromatic heterocycles. The number of hydrogen-bond donors (Lipinski definition) is 1. The zero-order valence-electron chi connectivity index (χ0n) is 12.9. The zero-order valence-corrected chi connectivity index (χ0v) is 12.9. The molecule has 122 valence electrons. The van der Waals surface area contributed by atoms with E-state index >= 15 is 0 Å². The topological polar surface area (TPSA) is 90.1 Å². The monoisotopic (exact) mass is 316 g/mol. The molecule has 0 aliphatic heterocycles. The average Bonchev–Trinajstić information content (AvgIpc) is 3.05. The standard InChI is InChI=1S/C16H20N4O3/c21-14(18-13-4-2-1-3-5-13)10-22-11-15-19-16(20-23-15)12-6-8-17-9-7-12/h6-9,13H,1-5,10-11H2,(H,18,21). The molecule has 1 N–H and O–H groups in total. The van der Waals surface area contributed by atoms with Gasteiger partial charge in [-0.1, -0.05) is 24.4 Å². The van der Waals surface area contributed by atoms with Crippen LogP contribution in [-0.2, 0) is 16.1 Å². The lowest BCUT2D eigenvalue weighted by Gasteiger charge is -2.22. The second kappa shape index (κ2) is 7.82. The van der Waals surface area contributed by atoms with E-state index in [0.29, 0.717) is 17.8 Å². The highest BCUT2D eigenvalue weighted by Crippen LogP contribution is 2.17. The van der Waals surface area contributed by atoms with Crippen molar-refractivity contribution in [1.82, 2.24) is 20.4 Å². The van der Waals surface area contributed by atoms with Crippen LogP contribution in [0, 0.1) is 0 Å². The summed E-state index contributed by atoms with van der Waals surface area (Å²) in [5, 5.41) is 6.88. The summed E-state index contributed by atoms with van der Waals surface area (Å²) in [7, 11) is 0. The number of rotatable bonds is 6. The molecule has 1 fully saturated rings. The van der Waals surface area contributed by atoms with Gasteiger partial charge in [0.2, 0.25) is 11.7 Å². The van der Waals surface area contributed by atoms with Gasteiger partial charge in [-0.3, -0.25) is 9.78 Å². The van der Waals surface area contributed by atoms with Crippen molar-refractivity contribution in [2.75, 3.05) is 6.61 Å².